The minimum absolute atomic E-state index is 0.0397. The summed E-state index contributed by atoms with van der Waals surface area (Å²) in [5.41, 5.74) is 0.460. The molecule has 0 aromatic carbocycles. The lowest BCUT2D eigenvalue weighted by atomic mass is 10.1. The van der Waals surface area contributed by atoms with Gasteiger partial charge in [0.05, 0.1) is 0 Å². The van der Waals surface area contributed by atoms with Crippen molar-refractivity contribution in [2.75, 3.05) is 27.2 Å². The van der Waals surface area contributed by atoms with E-state index in [-0.39, 0.29) is 17.9 Å². The van der Waals surface area contributed by atoms with Gasteiger partial charge in [-0.05, 0) is 20.0 Å². The van der Waals surface area contributed by atoms with Crippen LogP contribution in [0.25, 0.3) is 0 Å². The lowest BCUT2D eigenvalue weighted by Gasteiger charge is -2.20. The van der Waals surface area contributed by atoms with Crippen molar-refractivity contribution in [3.05, 3.63) is 0 Å². The number of likely N-dealkylation sites (tertiary alicyclic amines) is 1. The van der Waals surface area contributed by atoms with E-state index in [2.05, 4.69) is 15.3 Å². The maximum Gasteiger partial charge on any atom is 0.267 e. The molecule has 0 bridgehead atoms. The number of rotatable bonds is 2. The quantitative estimate of drug-likeness (QED) is 0.699. The Labute approximate surface area is 101 Å². The number of carbonyl (C=O) groups excluding carboxylic acids is 2. The van der Waals surface area contributed by atoms with E-state index in [4.69, 9.17) is 0 Å². The molecular formula is C11H18N4O2. The number of hydrogen-bond acceptors (Lipinski definition) is 4. The van der Waals surface area contributed by atoms with Gasteiger partial charge in [-0.3, -0.25) is 9.59 Å². The molecule has 0 aromatic heterocycles. The maximum absolute atomic E-state index is 11.9. The predicted octanol–water partition coefficient (Wildman–Crippen LogP) is -0.585. The molecule has 0 saturated carbocycles. The van der Waals surface area contributed by atoms with Crippen LogP contribution in [0, 0.1) is 0 Å². The number of nitrogens with one attached hydrogen (secondary N) is 1. The molecule has 1 fully saturated rings. The van der Waals surface area contributed by atoms with Gasteiger partial charge in [-0.15, -0.1) is 0 Å². The second-order valence-corrected chi connectivity index (χ2v) is 4.69. The second-order valence-electron chi connectivity index (χ2n) is 4.69. The highest BCUT2D eigenvalue weighted by Crippen LogP contribution is 2.09. The van der Waals surface area contributed by atoms with Crippen molar-refractivity contribution in [3.8, 4) is 0 Å². The summed E-state index contributed by atoms with van der Waals surface area (Å²) in [4.78, 5) is 25.3. The highest BCUT2D eigenvalue weighted by molar-refractivity contribution is 6.39. The Morgan fingerprint density at radius 3 is 2.76 bits per heavy atom. The molecule has 6 heteroatoms. The molecule has 2 heterocycles. The molecule has 94 valence electrons. The molecule has 2 aliphatic heterocycles. The first-order valence-electron chi connectivity index (χ1n) is 5.89. The zero-order chi connectivity index (χ0) is 12.4. The maximum atomic E-state index is 11.9. The van der Waals surface area contributed by atoms with Crippen LogP contribution < -0.4 is 5.32 Å². The summed E-state index contributed by atoms with van der Waals surface area (Å²) < 4.78 is 0. The molecule has 1 saturated heterocycles. The summed E-state index contributed by atoms with van der Waals surface area (Å²) in [5.74, 6) is -0.174. The molecule has 0 radical (unpaired) electrons. The van der Waals surface area contributed by atoms with Gasteiger partial charge in [-0.25, -0.2) is 5.01 Å². The third kappa shape index (κ3) is 2.82. The number of nitrogens with zero attached hydrogens (tertiary/aromatic N) is 3. The van der Waals surface area contributed by atoms with Gasteiger partial charge in [-0.1, -0.05) is 0 Å². The fourth-order valence-corrected chi connectivity index (χ4v) is 2.15. The van der Waals surface area contributed by atoms with Crippen LogP contribution in [0.15, 0.2) is 5.10 Å². The zero-order valence-electron chi connectivity index (χ0n) is 10.3. The Bertz CT molecular complexity index is 366. The lowest BCUT2D eigenvalue weighted by molar-refractivity contribution is -0.130. The van der Waals surface area contributed by atoms with Crippen molar-refractivity contribution in [1.82, 2.24) is 15.2 Å². The summed E-state index contributed by atoms with van der Waals surface area (Å²) in [6.45, 7) is 1.89. The van der Waals surface area contributed by atoms with Gasteiger partial charge in [0, 0.05) is 32.5 Å². The first-order valence-corrected chi connectivity index (χ1v) is 5.89. The van der Waals surface area contributed by atoms with Gasteiger partial charge in [0.2, 0.25) is 5.91 Å². The summed E-state index contributed by atoms with van der Waals surface area (Å²) in [6.07, 6.45) is 1.79. The Hall–Kier alpha value is -1.43. The monoisotopic (exact) mass is 238 g/mol. The smallest absolute Gasteiger partial charge is 0.267 e. The fourth-order valence-electron chi connectivity index (χ4n) is 2.15. The third-order valence-corrected chi connectivity index (χ3v) is 3.20. The lowest BCUT2D eigenvalue weighted by Crippen LogP contribution is -2.43. The molecule has 1 atom stereocenters. The Balaban J connectivity index is 1.92. The van der Waals surface area contributed by atoms with Crippen molar-refractivity contribution in [1.29, 1.82) is 0 Å². The average Bonchev–Trinajstić information content (AvgIpc) is 2.68. The Morgan fingerprint density at radius 1 is 1.41 bits per heavy atom. The molecule has 6 nitrogen and oxygen atoms in total. The number of carbonyl (C=O) groups is 2. The summed E-state index contributed by atoms with van der Waals surface area (Å²) in [6, 6.07) is 0.207. The van der Waals surface area contributed by atoms with Gasteiger partial charge in [0.15, 0.2) is 0 Å². The molecule has 2 rings (SSSR count). The van der Waals surface area contributed by atoms with Gasteiger partial charge in [-0.2, -0.15) is 5.10 Å². The predicted molar refractivity (Wildman–Crippen MR) is 63.5 cm³/mol. The van der Waals surface area contributed by atoms with Gasteiger partial charge in [0.25, 0.3) is 5.91 Å². The topological polar surface area (TPSA) is 65.0 Å². The van der Waals surface area contributed by atoms with E-state index in [1.54, 1.807) is 7.05 Å². The minimum Gasteiger partial charge on any atom is -0.347 e. The Morgan fingerprint density at radius 2 is 2.18 bits per heavy atom. The third-order valence-electron chi connectivity index (χ3n) is 3.20. The van der Waals surface area contributed by atoms with Gasteiger partial charge < -0.3 is 10.2 Å². The average molecular weight is 238 g/mol. The largest absolute Gasteiger partial charge is 0.347 e. The molecular weight excluding hydrogens is 220 g/mol. The van der Waals surface area contributed by atoms with Crippen LogP contribution >= 0.6 is 0 Å². The van der Waals surface area contributed by atoms with E-state index in [1.807, 2.05) is 7.05 Å². The molecule has 1 N–H and O–H groups in total. The van der Waals surface area contributed by atoms with Crippen molar-refractivity contribution in [2.45, 2.75) is 25.3 Å². The summed E-state index contributed by atoms with van der Waals surface area (Å²) >= 11 is 0. The zero-order valence-corrected chi connectivity index (χ0v) is 10.3. The second kappa shape index (κ2) is 4.83. The summed E-state index contributed by atoms with van der Waals surface area (Å²) in [7, 11) is 3.62. The van der Waals surface area contributed by atoms with E-state index in [0.29, 0.717) is 18.6 Å². The van der Waals surface area contributed by atoms with Crippen LogP contribution in [0.5, 0.6) is 0 Å². The van der Waals surface area contributed by atoms with Crippen molar-refractivity contribution < 1.29 is 9.59 Å². The number of hydrogen-bond donors (Lipinski definition) is 1. The van der Waals surface area contributed by atoms with E-state index < -0.39 is 0 Å². The molecule has 0 unspecified atom stereocenters. The van der Waals surface area contributed by atoms with Crippen LogP contribution in [-0.2, 0) is 9.59 Å². The van der Waals surface area contributed by atoms with Crippen LogP contribution in [0.3, 0.4) is 0 Å². The van der Waals surface area contributed by atoms with Gasteiger partial charge in [0.1, 0.15) is 5.71 Å². The highest BCUT2D eigenvalue weighted by Gasteiger charge is 2.26. The van der Waals surface area contributed by atoms with E-state index in [0.717, 1.165) is 19.5 Å². The highest BCUT2D eigenvalue weighted by atomic mass is 16.2. The van der Waals surface area contributed by atoms with Crippen molar-refractivity contribution in [2.24, 2.45) is 5.10 Å². The molecule has 2 aliphatic rings. The normalized spacial score (nSPS) is 26.0. The molecule has 0 spiro atoms. The van der Waals surface area contributed by atoms with Crippen molar-refractivity contribution in [3.63, 3.8) is 0 Å². The SMILES string of the molecule is CN1CC[C@H](NC(=O)C2=NN(C)C(=O)CC2)C1. The van der Waals surface area contributed by atoms with Crippen LogP contribution in [0.1, 0.15) is 19.3 Å². The summed E-state index contributed by atoms with van der Waals surface area (Å²) in [5, 5.41) is 8.21. The first-order chi connectivity index (χ1) is 8.06. The van der Waals surface area contributed by atoms with Crippen molar-refractivity contribution >= 4 is 17.5 Å². The fraction of sp³-hybridized carbons (Fsp3) is 0.727. The molecule has 0 aliphatic carbocycles. The number of hydrazone groups is 1. The minimum atomic E-state index is -0.135. The van der Waals surface area contributed by atoms with Gasteiger partial charge >= 0.3 is 0 Å². The van der Waals surface area contributed by atoms with E-state index in [9.17, 15) is 9.59 Å². The first kappa shape index (κ1) is 12.0. The standard InChI is InChI=1S/C11H18N4O2/c1-14-6-5-8(7-14)12-11(17)9-3-4-10(16)15(2)13-9/h8H,3-7H2,1-2H3,(H,12,17)/t8-/m0/s1. The number of likely N-dealkylation sites (N-methyl/N-ethyl adjacent to an activating group) is 1. The van der Waals surface area contributed by atoms with Crippen LogP contribution in [-0.4, -0.2) is 60.7 Å². The van der Waals surface area contributed by atoms with Crippen LogP contribution in [0.4, 0.5) is 0 Å². The van der Waals surface area contributed by atoms with E-state index >= 15 is 0 Å². The number of amides is 2. The Kier molecular flexibility index (Phi) is 3.42. The van der Waals surface area contributed by atoms with E-state index in [1.165, 1.54) is 5.01 Å². The van der Waals surface area contributed by atoms with Crippen LogP contribution in [0.2, 0.25) is 0 Å². The molecule has 2 amide bonds. The molecule has 17 heavy (non-hydrogen) atoms. The molecule has 0 aromatic rings.